The highest BCUT2D eigenvalue weighted by Gasteiger charge is 2.28. The summed E-state index contributed by atoms with van der Waals surface area (Å²) in [5.74, 6) is 1.28. The normalized spacial score (nSPS) is 20.9. The number of Topliss-reactive ketones (excluding diaryl/α,β-unsaturated/α-hetero) is 1. The molecule has 1 saturated carbocycles. The molecule has 1 rings (SSSR count). The zero-order valence-electron chi connectivity index (χ0n) is 16.5. The van der Waals surface area contributed by atoms with E-state index in [0.29, 0.717) is 37.9 Å². The molecule has 0 aromatic rings. The summed E-state index contributed by atoms with van der Waals surface area (Å²) in [6.07, 6.45) is 4.87. The Hall–Kier alpha value is -0.940. The van der Waals surface area contributed by atoms with Crippen molar-refractivity contribution in [3.63, 3.8) is 0 Å². The third-order valence-corrected chi connectivity index (χ3v) is 4.57. The lowest BCUT2D eigenvalue weighted by Gasteiger charge is -2.29. The van der Waals surface area contributed by atoms with Gasteiger partial charge < -0.3 is 14.8 Å². The second-order valence-corrected chi connectivity index (χ2v) is 7.86. The molecule has 0 radical (unpaired) electrons. The lowest BCUT2D eigenvalue weighted by atomic mass is 9.80. The van der Waals surface area contributed by atoms with E-state index in [-0.39, 0.29) is 23.8 Å². The van der Waals surface area contributed by atoms with Crippen LogP contribution in [0, 0.1) is 17.8 Å². The molecule has 0 aromatic heterocycles. The van der Waals surface area contributed by atoms with Gasteiger partial charge >= 0.3 is 0 Å². The number of hydrogen-bond donors (Lipinski definition) is 1. The van der Waals surface area contributed by atoms with E-state index in [9.17, 15) is 9.59 Å². The fourth-order valence-electron chi connectivity index (χ4n) is 3.14. The van der Waals surface area contributed by atoms with Crippen LogP contribution in [-0.4, -0.2) is 44.2 Å². The monoisotopic (exact) mass is 355 g/mol. The van der Waals surface area contributed by atoms with Gasteiger partial charge in [0.25, 0.3) is 0 Å². The molecule has 146 valence electrons. The Kier molecular flexibility index (Phi) is 11.0. The molecule has 0 unspecified atom stereocenters. The highest BCUT2D eigenvalue weighted by Crippen LogP contribution is 2.27. The number of carbonyl (C=O) groups is 2. The van der Waals surface area contributed by atoms with Gasteiger partial charge in [0.15, 0.2) is 0 Å². The van der Waals surface area contributed by atoms with Gasteiger partial charge in [-0.3, -0.25) is 9.59 Å². The van der Waals surface area contributed by atoms with Crippen molar-refractivity contribution in [2.24, 2.45) is 17.8 Å². The second-order valence-electron chi connectivity index (χ2n) is 7.86. The fourth-order valence-corrected chi connectivity index (χ4v) is 3.14. The van der Waals surface area contributed by atoms with Crippen LogP contribution in [0.1, 0.15) is 66.2 Å². The Labute approximate surface area is 153 Å². The summed E-state index contributed by atoms with van der Waals surface area (Å²) in [5.41, 5.74) is 0. The summed E-state index contributed by atoms with van der Waals surface area (Å²) >= 11 is 0. The van der Waals surface area contributed by atoms with Gasteiger partial charge in [0, 0.05) is 44.1 Å². The molecule has 0 atom stereocenters. The molecule has 1 aliphatic carbocycles. The highest BCUT2D eigenvalue weighted by atomic mass is 16.5. The third-order valence-electron chi connectivity index (χ3n) is 4.57. The van der Waals surface area contributed by atoms with Gasteiger partial charge in [-0.1, -0.05) is 27.7 Å². The van der Waals surface area contributed by atoms with Crippen molar-refractivity contribution >= 4 is 11.7 Å². The van der Waals surface area contributed by atoms with Crippen molar-refractivity contribution in [2.45, 2.75) is 72.3 Å². The van der Waals surface area contributed by atoms with Gasteiger partial charge in [0.1, 0.15) is 5.78 Å². The maximum atomic E-state index is 12.0. The molecule has 0 heterocycles. The molecule has 0 aromatic carbocycles. The number of rotatable bonds is 12. The molecular weight excluding hydrogens is 318 g/mol. The van der Waals surface area contributed by atoms with Crippen LogP contribution in [0.5, 0.6) is 0 Å². The second kappa shape index (κ2) is 12.4. The smallest absolute Gasteiger partial charge is 0.222 e. The largest absolute Gasteiger partial charge is 0.381 e. The predicted molar refractivity (Wildman–Crippen MR) is 99.4 cm³/mol. The van der Waals surface area contributed by atoms with E-state index in [0.717, 1.165) is 38.7 Å². The number of ketones is 1. The summed E-state index contributed by atoms with van der Waals surface area (Å²) in [5, 5.41) is 3.08. The maximum absolute atomic E-state index is 12.0. The zero-order chi connectivity index (χ0) is 18.7. The van der Waals surface area contributed by atoms with Gasteiger partial charge in [-0.25, -0.2) is 0 Å². The fraction of sp³-hybridized carbons (Fsp3) is 0.900. The molecule has 1 aliphatic rings. The standard InChI is InChI=1S/C20H37NO4/c1-15(2)14-25-12-5-11-24-13-10-19(22)21-18-8-6-17(7-9-18)20(23)16(3)4/h15-18H,5-14H2,1-4H3,(H,21,22). The zero-order valence-corrected chi connectivity index (χ0v) is 16.5. The molecule has 0 saturated heterocycles. The Bertz CT molecular complexity index is 387. The Balaban J connectivity index is 2.02. The van der Waals surface area contributed by atoms with E-state index in [1.54, 1.807) is 0 Å². The van der Waals surface area contributed by atoms with Gasteiger partial charge in [0.2, 0.25) is 5.91 Å². The molecule has 0 aliphatic heterocycles. The van der Waals surface area contributed by atoms with E-state index in [2.05, 4.69) is 19.2 Å². The first-order valence-electron chi connectivity index (χ1n) is 9.88. The van der Waals surface area contributed by atoms with E-state index < -0.39 is 0 Å². The van der Waals surface area contributed by atoms with Crippen molar-refractivity contribution < 1.29 is 19.1 Å². The molecule has 5 nitrogen and oxygen atoms in total. The highest BCUT2D eigenvalue weighted by molar-refractivity contribution is 5.83. The molecule has 1 N–H and O–H groups in total. The molecular formula is C20H37NO4. The lowest BCUT2D eigenvalue weighted by Crippen LogP contribution is -2.39. The lowest BCUT2D eigenvalue weighted by molar-refractivity contribution is -0.127. The predicted octanol–water partition coefficient (Wildman–Crippen LogP) is 3.36. The summed E-state index contributed by atoms with van der Waals surface area (Å²) in [6, 6.07) is 0.216. The minimum absolute atomic E-state index is 0.0506. The topological polar surface area (TPSA) is 64.6 Å². The Morgan fingerprint density at radius 1 is 0.960 bits per heavy atom. The third kappa shape index (κ3) is 9.95. The van der Waals surface area contributed by atoms with E-state index >= 15 is 0 Å². The van der Waals surface area contributed by atoms with Crippen LogP contribution >= 0.6 is 0 Å². The number of hydrogen-bond acceptors (Lipinski definition) is 4. The van der Waals surface area contributed by atoms with Crippen molar-refractivity contribution in [3.8, 4) is 0 Å². The number of carbonyl (C=O) groups excluding carboxylic acids is 2. The first-order valence-corrected chi connectivity index (χ1v) is 9.88. The average molecular weight is 356 g/mol. The van der Waals surface area contributed by atoms with Crippen LogP contribution in [0.4, 0.5) is 0 Å². The van der Waals surface area contributed by atoms with E-state index in [1.165, 1.54) is 0 Å². The van der Waals surface area contributed by atoms with Crippen LogP contribution in [0.15, 0.2) is 0 Å². The van der Waals surface area contributed by atoms with Gasteiger partial charge in [-0.05, 0) is 38.0 Å². The van der Waals surface area contributed by atoms with Crippen molar-refractivity contribution in [2.75, 3.05) is 26.4 Å². The van der Waals surface area contributed by atoms with Crippen LogP contribution in [0.2, 0.25) is 0 Å². The first-order chi connectivity index (χ1) is 11.9. The summed E-state index contributed by atoms with van der Waals surface area (Å²) in [6.45, 7) is 10.8. The van der Waals surface area contributed by atoms with Crippen LogP contribution in [0.3, 0.4) is 0 Å². The number of nitrogens with one attached hydrogen (secondary N) is 1. The quantitative estimate of drug-likeness (QED) is 0.545. The SMILES string of the molecule is CC(C)COCCCOCCC(=O)NC1CCC(C(=O)C(C)C)CC1. The van der Waals surface area contributed by atoms with Gasteiger partial charge in [0.05, 0.1) is 6.61 Å². The minimum Gasteiger partial charge on any atom is -0.381 e. The molecule has 1 fully saturated rings. The van der Waals surface area contributed by atoms with Crippen LogP contribution in [-0.2, 0) is 19.1 Å². The van der Waals surface area contributed by atoms with E-state index in [1.807, 2.05) is 13.8 Å². The van der Waals surface area contributed by atoms with Gasteiger partial charge in [-0.2, -0.15) is 0 Å². The Morgan fingerprint density at radius 2 is 1.60 bits per heavy atom. The number of ether oxygens (including phenoxy) is 2. The van der Waals surface area contributed by atoms with Crippen LogP contribution in [0.25, 0.3) is 0 Å². The summed E-state index contributed by atoms with van der Waals surface area (Å²) in [4.78, 5) is 24.0. The summed E-state index contributed by atoms with van der Waals surface area (Å²) < 4.78 is 11.0. The van der Waals surface area contributed by atoms with Crippen molar-refractivity contribution in [1.82, 2.24) is 5.32 Å². The van der Waals surface area contributed by atoms with E-state index in [4.69, 9.17) is 9.47 Å². The average Bonchev–Trinajstić information content (AvgIpc) is 2.57. The summed E-state index contributed by atoms with van der Waals surface area (Å²) in [7, 11) is 0. The first kappa shape index (κ1) is 22.1. The van der Waals surface area contributed by atoms with Crippen LogP contribution < -0.4 is 5.32 Å². The Morgan fingerprint density at radius 3 is 2.20 bits per heavy atom. The maximum Gasteiger partial charge on any atom is 0.222 e. The molecule has 5 heteroatoms. The molecule has 1 amide bonds. The van der Waals surface area contributed by atoms with Crippen molar-refractivity contribution in [3.05, 3.63) is 0 Å². The molecule has 25 heavy (non-hydrogen) atoms. The molecule has 0 spiro atoms. The number of amides is 1. The van der Waals surface area contributed by atoms with Gasteiger partial charge in [-0.15, -0.1) is 0 Å². The molecule has 0 bridgehead atoms. The van der Waals surface area contributed by atoms with Crippen molar-refractivity contribution in [1.29, 1.82) is 0 Å². The minimum atomic E-state index is 0.0506.